The van der Waals surface area contributed by atoms with Crippen LogP contribution in [0.5, 0.6) is 0 Å². The van der Waals surface area contributed by atoms with Crippen LogP contribution in [0.2, 0.25) is 0 Å². The van der Waals surface area contributed by atoms with Gasteiger partial charge in [-0.05, 0) is 44.6 Å². The number of rotatable bonds is 5. The smallest absolute Gasteiger partial charge is 0.227 e. The second-order valence-corrected chi connectivity index (χ2v) is 5.72. The van der Waals surface area contributed by atoms with E-state index in [9.17, 15) is 9.90 Å². The van der Waals surface area contributed by atoms with Crippen molar-refractivity contribution in [1.29, 1.82) is 0 Å². The van der Waals surface area contributed by atoms with E-state index in [1.807, 2.05) is 29.2 Å². The number of nitrogens with zero attached hydrogens (tertiary/aromatic N) is 2. The standard InChI is InChI=1S/C16H25N3O2/c1-18-8-6-14(7-9-18)19(10-11-20)16(21)12-13-4-2-3-5-15(13)17/h2-5,14,20H,6-12,17H2,1H3. The lowest BCUT2D eigenvalue weighted by Crippen LogP contribution is -2.48. The zero-order valence-electron chi connectivity index (χ0n) is 12.7. The number of carbonyl (C=O) groups excluding carboxylic acids is 1. The van der Waals surface area contributed by atoms with Crippen molar-refractivity contribution in [2.45, 2.75) is 25.3 Å². The molecule has 0 spiro atoms. The Hall–Kier alpha value is -1.59. The first-order valence-electron chi connectivity index (χ1n) is 7.54. The molecular weight excluding hydrogens is 266 g/mol. The Morgan fingerprint density at radius 2 is 2.05 bits per heavy atom. The van der Waals surface area contributed by atoms with E-state index in [0.29, 0.717) is 18.7 Å². The number of hydrogen-bond donors (Lipinski definition) is 2. The highest BCUT2D eigenvalue weighted by Crippen LogP contribution is 2.18. The van der Waals surface area contributed by atoms with Gasteiger partial charge in [0.05, 0.1) is 13.0 Å². The Bertz CT molecular complexity index is 470. The highest BCUT2D eigenvalue weighted by atomic mass is 16.3. The highest BCUT2D eigenvalue weighted by Gasteiger charge is 2.26. The summed E-state index contributed by atoms with van der Waals surface area (Å²) in [6.07, 6.45) is 2.23. The molecule has 1 heterocycles. The third-order valence-electron chi connectivity index (χ3n) is 4.19. The second-order valence-electron chi connectivity index (χ2n) is 5.72. The van der Waals surface area contributed by atoms with Crippen molar-refractivity contribution in [2.75, 3.05) is 39.0 Å². The lowest BCUT2D eigenvalue weighted by Gasteiger charge is -2.37. The van der Waals surface area contributed by atoms with Crippen LogP contribution in [0.1, 0.15) is 18.4 Å². The van der Waals surface area contributed by atoms with Gasteiger partial charge in [-0.3, -0.25) is 4.79 Å². The molecule has 0 aromatic heterocycles. The van der Waals surface area contributed by atoms with Gasteiger partial charge >= 0.3 is 0 Å². The van der Waals surface area contributed by atoms with E-state index < -0.39 is 0 Å². The van der Waals surface area contributed by atoms with E-state index >= 15 is 0 Å². The van der Waals surface area contributed by atoms with Crippen LogP contribution in [-0.4, -0.2) is 60.1 Å². The molecule has 0 aliphatic carbocycles. The van der Waals surface area contributed by atoms with Crippen molar-refractivity contribution >= 4 is 11.6 Å². The molecule has 1 aromatic carbocycles. The molecule has 1 aliphatic heterocycles. The number of piperidine rings is 1. The Kier molecular flexibility index (Phi) is 5.59. The molecule has 0 radical (unpaired) electrons. The van der Waals surface area contributed by atoms with Gasteiger partial charge in [0.2, 0.25) is 5.91 Å². The molecule has 3 N–H and O–H groups in total. The lowest BCUT2D eigenvalue weighted by atomic mass is 10.0. The number of benzene rings is 1. The van der Waals surface area contributed by atoms with Gasteiger partial charge in [-0.25, -0.2) is 0 Å². The molecule has 0 saturated carbocycles. The maximum atomic E-state index is 12.6. The van der Waals surface area contributed by atoms with Gasteiger partial charge in [-0.2, -0.15) is 0 Å². The van der Waals surface area contributed by atoms with Crippen molar-refractivity contribution in [3.63, 3.8) is 0 Å². The fourth-order valence-corrected chi connectivity index (χ4v) is 2.88. The normalized spacial score (nSPS) is 16.9. The van der Waals surface area contributed by atoms with Gasteiger partial charge < -0.3 is 20.6 Å². The van der Waals surface area contributed by atoms with E-state index in [1.54, 1.807) is 0 Å². The van der Waals surface area contributed by atoms with Crippen molar-refractivity contribution in [3.05, 3.63) is 29.8 Å². The fourth-order valence-electron chi connectivity index (χ4n) is 2.88. The summed E-state index contributed by atoms with van der Waals surface area (Å²) in [7, 11) is 2.10. The molecule has 1 aromatic rings. The van der Waals surface area contributed by atoms with Crippen molar-refractivity contribution in [1.82, 2.24) is 9.80 Å². The molecule has 5 heteroatoms. The first-order valence-corrected chi connectivity index (χ1v) is 7.54. The average Bonchev–Trinajstić information content (AvgIpc) is 2.48. The first-order chi connectivity index (χ1) is 10.1. The Balaban J connectivity index is 2.03. The molecule has 0 unspecified atom stereocenters. The largest absolute Gasteiger partial charge is 0.398 e. The number of amides is 1. The number of carbonyl (C=O) groups is 1. The summed E-state index contributed by atoms with van der Waals surface area (Å²) in [6.45, 7) is 2.39. The number of para-hydroxylation sites is 1. The molecule has 2 rings (SSSR count). The maximum absolute atomic E-state index is 12.6. The Morgan fingerprint density at radius 1 is 1.38 bits per heavy atom. The topological polar surface area (TPSA) is 69.8 Å². The molecule has 116 valence electrons. The van der Waals surface area contributed by atoms with E-state index in [1.165, 1.54) is 0 Å². The number of likely N-dealkylation sites (tertiary alicyclic amines) is 1. The van der Waals surface area contributed by atoms with Crippen LogP contribution in [0.15, 0.2) is 24.3 Å². The van der Waals surface area contributed by atoms with Gasteiger partial charge in [-0.15, -0.1) is 0 Å². The molecule has 1 aliphatic rings. The van der Waals surface area contributed by atoms with Crippen LogP contribution < -0.4 is 5.73 Å². The summed E-state index contributed by atoms with van der Waals surface area (Å²) in [5.74, 6) is 0.0523. The van der Waals surface area contributed by atoms with Gasteiger partial charge in [-0.1, -0.05) is 18.2 Å². The molecule has 1 fully saturated rings. The number of hydrogen-bond acceptors (Lipinski definition) is 4. The third kappa shape index (κ3) is 4.19. The SMILES string of the molecule is CN1CCC(N(CCO)C(=O)Cc2ccccc2N)CC1. The first kappa shape index (κ1) is 15.8. The third-order valence-corrected chi connectivity index (χ3v) is 4.19. The molecule has 1 saturated heterocycles. The number of aliphatic hydroxyl groups excluding tert-OH is 1. The minimum absolute atomic E-state index is 0.00233. The summed E-state index contributed by atoms with van der Waals surface area (Å²) < 4.78 is 0. The lowest BCUT2D eigenvalue weighted by molar-refractivity contribution is -0.134. The van der Waals surface area contributed by atoms with Gasteiger partial charge in [0.15, 0.2) is 0 Å². The predicted molar refractivity (Wildman–Crippen MR) is 83.9 cm³/mol. The van der Waals surface area contributed by atoms with Crippen LogP contribution in [0.4, 0.5) is 5.69 Å². The summed E-state index contributed by atoms with van der Waals surface area (Å²) in [5, 5.41) is 9.26. The van der Waals surface area contributed by atoms with Crippen LogP contribution >= 0.6 is 0 Å². The van der Waals surface area contributed by atoms with Gasteiger partial charge in [0.25, 0.3) is 0 Å². The molecule has 21 heavy (non-hydrogen) atoms. The molecule has 1 amide bonds. The number of anilines is 1. The molecule has 0 atom stereocenters. The van der Waals surface area contributed by atoms with Gasteiger partial charge in [0.1, 0.15) is 0 Å². The minimum atomic E-state index is 0.00233. The number of nitrogen functional groups attached to an aromatic ring is 1. The van der Waals surface area contributed by atoms with E-state index in [-0.39, 0.29) is 18.6 Å². The van der Waals surface area contributed by atoms with Crippen molar-refractivity contribution in [2.24, 2.45) is 0 Å². The number of nitrogens with two attached hydrogens (primary N) is 1. The van der Waals surface area contributed by atoms with E-state index in [0.717, 1.165) is 31.5 Å². The molecule has 0 bridgehead atoms. The van der Waals surface area contributed by atoms with Crippen LogP contribution in [0.3, 0.4) is 0 Å². The van der Waals surface area contributed by atoms with E-state index in [2.05, 4.69) is 11.9 Å². The zero-order valence-corrected chi connectivity index (χ0v) is 12.7. The Labute approximate surface area is 126 Å². The van der Waals surface area contributed by atoms with Crippen molar-refractivity contribution < 1.29 is 9.90 Å². The summed E-state index contributed by atoms with van der Waals surface area (Å²) in [5.41, 5.74) is 7.42. The minimum Gasteiger partial charge on any atom is -0.398 e. The monoisotopic (exact) mass is 291 g/mol. The zero-order chi connectivity index (χ0) is 15.2. The summed E-state index contributed by atoms with van der Waals surface area (Å²) in [6, 6.07) is 7.69. The van der Waals surface area contributed by atoms with Crippen LogP contribution in [-0.2, 0) is 11.2 Å². The number of aliphatic hydroxyl groups is 1. The molecular formula is C16H25N3O2. The average molecular weight is 291 g/mol. The van der Waals surface area contributed by atoms with Crippen molar-refractivity contribution in [3.8, 4) is 0 Å². The Morgan fingerprint density at radius 3 is 2.67 bits per heavy atom. The quantitative estimate of drug-likeness (QED) is 0.785. The van der Waals surface area contributed by atoms with E-state index in [4.69, 9.17) is 5.73 Å². The van der Waals surface area contributed by atoms with Crippen LogP contribution in [0, 0.1) is 0 Å². The van der Waals surface area contributed by atoms with Crippen LogP contribution in [0.25, 0.3) is 0 Å². The van der Waals surface area contributed by atoms with Gasteiger partial charge in [0, 0.05) is 18.3 Å². The molecule has 5 nitrogen and oxygen atoms in total. The second kappa shape index (κ2) is 7.43. The highest BCUT2D eigenvalue weighted by molar-refractivity contribution is 5.80. The summed E-state index contributed by atoms with van der Waals surface area (Å²) >= 11 is 0. The summed E-state index contributed by atoms with van der Waals surface area (Å²) in [4.78, 5) is 16.7. The maximum Gasteiger partial charge on any atom is 0.227 e. The predicted octanol–water partition coefficient (Wildman–Crippen LogP) is 0.726. The fraction of sp³-hybridized carbons (Fsp3) is 0.562.